The number of hydrogen-bond acceptors (Lipinski definition) is 12. The fourth-order valence-corrected chi connectivity index (χ4v) is 9.88. The van der Waals surface area contributed by atoms with Gasteiger partial charge in [0.05, 0.1) is 17.7 Å². The number of hydrogen-bond donors (Lipinski definition) is 3. The molecular formula is C44H45FN8O7. The van der Waals surface area contributed by atoms with Crippen LogP contribution < -0.4 is 25.6 Å². The van der Waals surface area contributed by atoms with Crippen LogP contribution in [0.25, 0.3) is 21.9 Å². The van der Waals surface area contributed by atoms with Crippen molar-refractivity contribution >= 4 is 57.7 Å². The number of aromatic nitrogens is 2. The van der Waals surface area contributed by atoms with Gasteiger partial charge in [-0.15, -0.1) is 0 Å². The van der Waals surface area contributed by atoms with Crippen molar-refractivity contribution in [3.8, 4) is 17.0 Å². The molecule has 0 bridgehead atoms. The molecule has 2 aromatic carbocycles. The van der Waals surface area contributed by atoms with Gasteiger partial charge < -0.3 is 24.6 Å². The minimum absolute atomic E-state index is 0.0114. The van der Waals surface area contributed by atoms with Crippen LogP contribution in [0.3, 0.4) is 0 Å². The molecule has 1 saturated carbocycles. The molecule has 16 heteroatoms. The summed E-state index contributed by atoms with van der Waals surface area (Å²) in [5.41, 5.74) is 4.27. The summed E-state index contributed by atoms with van der Waals surface area (Å²) >= 11 is 0. The van der Waals surface area contributed by atoms with E-state index < -0.39 is 41.6 Å². The number of carbonyl (C=O) groups excluding carboxylic acids is 5. The largest absolute Gasteiger partial charge is 0.471 e. The molecule has 60 heavy (non-hydrogen) atoms. The maximum Gasteiger partial charge on any atom is 0.413 e. The number of halogens is 1. The van der Waals surface area contributed by atoms with E-state index in [1.165, 1.54) is 12.3 Å². The fraction of sp³-hybridized carbons (Fsp3) is 0.432. The molecule has 3 N–H and O–H groups in total. The fourth-order valence-electron chi connectivity index (χ4n) is 9.88. The summed E-state index contributed by atoms with van der Waals surface area (Å²) in [5.74, 6) is -1.11. The summed E-state index contributed by atoms with van der Waals surface area (Å²) in [4.78, 5) is 77.8. The second kappa shape index (κ2) is 14.5. The quantitative estimate of drug-likeness (QED) is 0.207. The van der Waals surface area contributed by atoms with E-state index in [0.29, 0.717) is 51.6 Å². The average Bonchev–Trinajstić information content (AvgIpc) is 3.44. The predicted octanol–water partition coefficient (Wildman–Crippen LogP) is 5.27. The number of ether oxygens (including phenoxy) is 2. The van der Waals surface area contributed by atoms with Crippen molar-refractivity contribution < 1.29 is 37.8 Å². The number of amides is 5. The molecule has 2 unspecified atom stereocenters. The van der Waals surface area contributed by atoms with Gasteiger partial charge in [-0.05, 0) is 112 Å². The highest BCUT2D eigenvalue weighted by Crippen LogP contribution is 2.50. The Kier molecular flexibility index (Phi) is 9.22. The molecule has 0 radical (unpaired) electrons. The maximum absolute atomic E-state index is 15.4. The Labute approximate surface area is 345 Å². The number of fused-ring (bicyclic) bond motifs is 3. The molecule has 310 valence electrons. The van der Waals surface area contributed by atoms with Gasteiger partial charge in [0.2, 0.25) is 17.7 Å². The number of imide groups is 2. The lowest BCUT2D eigenvalue weighted by Crippen LogP contribution is -2.55. The average molecular weight is 817 g/mol. The van der Waals surface area contributed by atoms with E-state index in [4.69, 9.17) is 9.47 Å². The third-order valence-corrected chi connectivity index (χ3v) is 13.3. The molecule has 3 saturated heterocycles. The van der Waals surface area contributed by atoms with Crippen molar-refractivity contribution in [2.45, 2.75) is 70.6 Å². The van der Waals surface area contributed by atoms with E-state index in [0.717, 1.165) is 80.2 Å². The zero-order chi connectivity index (χ0) is 41.4. The van der Waals surface area contributed by atoms with Crippen LogP contribution in [0.5, 0.6) is 5.88 Å². The summed E-state index contributed by atoms with van der Waals surface area (Å²) in [5, 5.41) is 9.67. The van der Waals surface area contributed by atoms with Crippen molar-refractivity contribution in [3.05, 3.63) is 71.3 Å². The van der Waals surface area contributed by atoms with Crippen molar-refractivity contribution in [2.75, 3.05) is 54.8 Å². The summed E-state index contributed by atoms with van der Waals surface area (Å²) in [6.07, 6.45) is 6.39. The predicted molar refractivity (Wildman–Crippen MR) is 218 cm³/mol. The van der Waals surface area contributed by atoms with Gasteiger partial charge in [0.25, 0.3) is 11.8 Å². The number of nitrogens with zero attached hydrogens (tertiary/aromatic N) is 5. The van der Waals surface area contributed by atoms with Gasteiger partial charge in [0, 0.05) is 66.6 Å². The van der Waals surface area contributed by atoms with E-state index in [1.807, 2.05) is 19.9 Å². The second-order valence-corrected chi connectivity index (χ2v) is 17.3. The lowest BCUT2D eigenvalue weighted by Gasteiger charge is -2.52. The highest BCUT2D eigenvalue weighted by atomic mass is 19.1. The molecule has 7 heterocycles. The SMILES string of the molecule is Cc1c(-c2cc3cc(NC(=O)OC4CC5(CCN(CC6CN(c7ccc8c(c7)C(=O)N(C7CCC(=O)NC7=O)C8=O)C6)CC5)C4)ncc3cc2F)cnc2c1NCC(C)O2. The van der Waals surface area contributed by atoms with E-state index >= 15 is 4.39 Å². The first-order valence-corrected chi connectivity index (χ1v) is 20.7. The molecule has 4 aromatic rings. The van der Waals surface area contributed by atoms with Gasteiger partial charge >= 0.3 is 6.09 Å². The van der Waals surface area contributed by atoms with Crippen LogP contribution >= 0.6 is 0 Å². The number of pyridine rings is 2. The summed E-state index contributed by atoms with van der Waals surface area (Å²) in [6.45, 7) is 9.12. The van der Waals surface area contributed by atoms with Crippen molar-refractivity contribution in [3.63, 3.8) is 0 Å². The molecular weight excluding hydrogens is 772 g/mol. The Bertz CT molecular complexity index is 2490. The Balaban J connectivity index is 0.684. The van der Waals surface area contributed by atoms with Crippen LogP contribution in [0.2, 0.25) is 0 Å². The normalized spacial score (nSPS) is 22.7. The van der Waals surface area contributed by atoms with E-state index in [-0.39, 0.29) is 36.0 Å². The molecule has 5 aliphatic heterocycles. The number of likely N-dealkylation sites (tertiary alicyclic amines) is 1. The minimum Gasteiger partial charge on any atom is -0.471 e. The van der Waals surface area contributed by atoms with Crippen LogP contribution in [0.15, 0.2) is 48.8 Å². The Morgan fingerprint density at radius 3 is 2.53 bits per heavy atom. The van der Waals surface area contributed by atoms with Gasteiger partial charge in [-0.25, -0.2) is 19.2 Å². The number of piperidine rings is 2. The van der Waals surface area contributed by atoms with Crippen LogP contribution in [-0.2, 0) is 14.3 Å². The van der Waals surface area contributed by atoms with Crippen molar-refractivity contribution in [2.24, 2.45) is 11.3 Å². The Morgan fingerprint density at radius 2 is 1.75 bits per heavy atom. The smallest absolute Gasteiger partial charge is 0.413 e. The van der Waals surface area contributed by atoms with E-state index in [2.05, 4.69) is 35.7 Å². The molecule has 5 amide bonds. The maximum atomic E-state index is 15.4. The van der Waals surface area contributed by atoms with E-state index in [9.17, 15) is 24.0 Å². The summed E-state index contributed by atoms with van der Waals surface area (Å²) in [7, 11) is 0. The zero-order valence-corrected chi connectivity index (χ0v) is 33.4. The topological polar surface area (TPSA) is 175 Å². The third kappa shape index (κ3) is 6.75. The van der Waals surface area contributed by atoms with Crippen LogP contribution in [0.1, 0.15) is 71.7 Å². The lowest BCUT2D eigenvalue weighted by molar-refractivity contribution is -0.136. The molecule has 1 spiro atoms. The number of rotatable bonds is 7. The molecule has 6 aliphatic rings. The first-order valence-electron chi connectivity index (χ1n) is 20.7. The standard InChI is InChI=1S/C44H45FN8O7/c1-23-17-47-38-24(2)33(19-48-40(38)59-23)31-11-26-13-36(46-18-27(26)12-34(31)45)49-43(58)60-29-15-44(16-29)7-9-51(10-8-44)20-25-21-52(22-25)28-3-4-30-32(14-28)42(57)53(41(30)56)35-5-6-37(54)50-39(35)55/h3-4,11-14,18-19,23,25,29,35,47H,5-10,15-17,20-22H2,1-2H3,(H,46,49,58)(H,50,54,55). The molecule has 2 atom stereocenters. The van der Waals surface area contributed by atoms with Gasteiger partial charge in [-0.2, -0.15) is 0 Å². The number of nitrogens with one attached hydrogen (secondary N) is 3. The molecule has 2 aromatic heterocycles. The lowest BCUT2D eigenvalue weighted by atomic mass is 9.61. The highest BCUT2D eigenvalue weighted by Gasteiger charge is 2.48. The molecule has 15 nitrogen and oxygen atoms in total. The van der Waals surface area contributed by atoms with Crippen LogP contribution in [-0.4, -0.2) is 107 Å². The Hall–Kier alpha value is -6.16. The first kappa shape index (κ1) is 38.1. The third-order valence-electron chi connectivity index (χ3n) is 13.3. The van der Waals surface area contributed by atoms with Crippen molar-refractivity contribution in [1.82, 2.24) is 25.1 Å². The van der Waals surface area contributed by atoms with Gasteiger partial charge in [0.15, 0.2) is 0 Å². The van der Waals surface area contributed by atoms with Gasteiger partial charge in [-0.3, -0.25) is 34.7 Å². The van der Waals surface area contributed by atoms with Crippen molar-refractivity contribution in [1.29, 1.82) is 0 Å². The Morgan fingerprint density at radius 1 is 0.967 bits per heavy atom. The summed E-state index contributed by atoms with van der Waals surface area (Å²) < 4.78 is 27.0. The number of carbonyl (C=O) groups is 5. The molecule has 10 rings (SSSR count). The zero-order valence-electron chi connectivity index (χ0n) is 33.4. The first-order chi connectivity index (χ1) is 28.9. The second-order valence-electron chi connectivity index (χ2n) is 17.3. The van der Waals surface area contributed by atoms with Gasteiger partial charge in [-0.1, -0.05) is 0 Å². The number of anilines is 3. The van der Waals surface area contributed by atoms with E-state index in [1.54, 1.807) is 30.5 Å². The van der Waals surface area contributed by atoms with Gasteiger partial charge in [0.1, 0.15) is 35.6 Å². The monoisotopic (exact) mass is 816 g/mol. The van der Waals surface area contributed by atoms with Crippen LogP contribution in [0, 0.1) is 24.1 Å². The summed E-state index contributed by atoms with van der Waals surface area (Å²) in [6, 6.07) is 9.20. The van der Waals surface area contributed by atoms with Crippen LogP contribution in [0.4, 0.5) is 26.4 Å². The molecule has 1 aliphatic carbocycles. The molecule has 4 fully saturated rings. The number of benzene rings is 2. The highest BCUT2D eigenvalue weighted by molar-refractivity contribution is 6.23. The minimum atomic E-state index is -0.981.